The Kier molecular flexibility index (Phi) is 7.79. The second kappa shape index (κ2) is 10.8. The van der Waals surface area contributed by atoms with Gasteiger partial charge in [0.1, 0.15) is 18.2 Å². The van der Waals surface area contributed by atoms with Gasteiger partial charge in [-0.2, -0.15) is 13.2 Å². The van der Waals surface area contributed by atoms with E-state index < -0.39 is 46.8 Å². The van der Waals surface area contributed by atoms with Gasteiger partial charge in [0, 0.05) is 17.0 Å². The van der Waals surface area contributed by atoms with Crippen molar-refractivity contribution in [3.63, 3.8) is 0 Å². The Morgan fingerprint density at radius 3 is 2.28 bits per heavy atom. The van der Waals surface area contributed by atoms with E-state index in [0.29, 0.717) is 5.56 Å². The number of halogens is 6. The summed E-state index contributed by atoms with van der Waals surface area (Å²) in [6.07, 6.45) is -4.74. The zero-order valence-corrected chi connectivity index (χ0v) is 21.7. The Hall–Kier alpha value is -3.79. The molecule has 4 aromatic rings. The van der Waals surface area contributed by atoms with Gasteiger partial charge in [-0.3, -0.25) is 9.36 Å². The lowest BCUT2D eigenvalue weighted by atomic mass is 9.79. The minimum atomic E-state index is -4.54. The molecule has 204 valence electrons. The van der Waals surface area contributed by atoms with E-state index in [4.69, 9.17) is 11.6 Å². The highest BCUT2D eigenvalue weighted by Gasteiger charge is 2.33. The molecule has 0 spiro atoms. The van der Waals surface area contributed by atoms with E-state index in [0.717, 1.165) is 27.4 Å². The molecule has 39 heavy (non-hydrogen) atoms. The van der Waals surface area contributed by atoms with Gasteiger partial charge in [-0.1, -0.05) is 61.8 Å². The fraction of sp³-hybridized carbons (Fsp3) is 0.250. The normalized spacial score (nSPS) is 12.1. The number of hydrogen-bond acceptors (Lipinski definition) is 3. The van der Waals surface area contributed by atoms with E-state index in [1.807, 2.05) is 0 Å². The van der Waals surface area contributed by atoms with Crippen LogP contribution in [0.15, 0.2) is 71.5 Å². The highest BCUT2D eigenvalue weighted by Crippen LogP contribution is 2.34. The number of rotatable bonds is 8. The van der Waals surface area contributed by atoms with Crippen LogP contribution < -0.4 is 5.69 Å². The maximum atomic E-state index is 14.8. The average Bonchev–Trinajstić information content (AvgIpc) is 3.14. The number of ketones is 1. The van der Waals surface area contributed by atoms with Crippen LogP contribution in [0.25, 0.3) is 11.4 Å². The molecule has 0 saturated heterocycles. The van der Waals surface area contributed by atoms with Crippen LogP contribution in [-0.4, -0.2) is 20.1 Å². The Labute approximate surface area is 225 Å². The molecule has 0 N–H and O–H groups in total. The minimum absolute atomic E-state index is 0.0802. The van der Waals surface area contributed by atoms with E-state index >= 15 is 0 Å². The minimum Gasteiger partial charge on any atom is -0.298 e. The van der Waals surface area contributed by atoms with Gasteiger partial charge in [0.15, 0.2) is 11.6 Å². The molecule has 0 fully saturated rings. The quantitative estimate of drug-likeness (QED) is 0.226. The van der Waals surface area contributed by atoms with Crippen LogP contribution in [0.4, 0.5) is 22.0 Å². The first-order chi connectivity index (χ1) is 18.3. The van der Waals surface area contributed by atoms with Gasteiger partial charge in [0.05, 0.1) is 17.7 Å². The molecule has 0 bridgehead atoms. The van der Waals surface area contributed by atoms with Crippen molar-refractivity contribution >= 4 is 17.4 Å². The van der Waals surface area contributed by atoms with Gasteiger partial charge in [-0.25, -0.2) is 18.3 Å². The monoisotopic (exact) mass is 563 g/mol. The first-order valence-corrected chi connectivity index (χ1v) is 12.2. The number of alkyl halides is 3. The highest BCUT2D eigenvalue weighted by molar-refractivity contribution is 6.30. The maximum Gasteiger partial charge on any atom is 0.416 e. The summed E-state index contributed by atoms with van der Waals surface area (Å²) in [6, 6.07) is 14.2. The van der Waals surface area contributed by atoms with E-state index in [2.05, 4.69) is 5.10 Å². The second-order valence-electron chi connectivity index (χ2n) is 9.74. The number of benzene rings is 3. The number of nitrogens with zero attached hydrogens (tertiary/aromatic N) is 3. The zero-order valence-electron chi connectivity index (χ0n) is 20.9. The summed E-state index contributed by atoms with van der Waals surface area (Å²) < 4.78 is 70.6. The van der Waals surface area contributed by atoms with Crippen molar-refractivity contribution < 1.29 is 26.7 Å². The molecule has 1 heterocycles. The van der Waals surface area contributed by atoms with Crippen molar-refractivity contribution in [3.8, 4) is 11.4 Å². The summed E-state index contributed by atoms with van der Waals surface area (Å²) in [7, 11) is 0. The van der Waals surface area contributed by atoms with Gasteiger partial charge >= 0.3 is 11.9 Å². The Bertz CT molecular complexity index is 1590. The van der Waals surface area contributed by atoms with Gasteiger partial charge in [-0.05, 0) is 41.3 Å². The Balaban J connectivity index is 1.67. The molecule has 1 aromatic heterocycles. The van der Waals surface area contributed by atoms with Crippen LogP contribution in [0.5, 0.6) is 0 Å². The van der Waals surface area contributed by atoms with Gasteiger partial charge < -0.3 is 0 Å². The lowest BCUT2D eigenvalue weighted by Gasteiger charge is -2.25. The third-order valence-electron chi connectivity index (χ3n) is 6.32. The Morgan fingerprint density at radius 1 is 0.923 bits per heavy atom. The third kappa shape index (κ3) is 6.27. The van der Waals surface area contributed by atoms with Crippen molar-refractivity contribution in [2.75, 3.05) is 0 Å². The van der Waals surface area contributed by atoms with Gasteiger partial charge in [-0.15, -0.1) is 5.10 Å². The first kappa shape index (κ1) is 28.2. The molecule has 0 unspecified atom stereocenters. The van der Waals surface area contributed by atoms with Crippen LogP contribution in [0.2, 0.25) is 5.02 Å². The van der Waals surface area contributed by atoms with E-state index in [-0.39, 0.29) is 34.9 Å². The SMILES string of the molecule is CC(C)(CC(=O)Cn1nc(-c2ccc(Cl)cc2F)n(Cc2ccccc2F)c1=O)c1cccc(C(F)(F)F)c1. The van der Waals surface area contributed by atoms with Crippen molar-refractivity contribution in [1.82, 2.24) is 14.3 Å². The first-order valence-electron chi connectivity index (χ1n) is 11.8. The molecular formula is C28H23ClF5N3O2. The summed E-state index contributed by atoms with van der Waals surface area (Å²) in [5, 5.41) is 4.29. The predicted molar refractivity (Wildman–Crippen MR) is 136 cm³/mol. The summed E-state index contributed by atoms with van der Waals surface area (Å²) in [6.45, 7) is 2.43. The molecule has 0 saturated carbocycles. The fourth-order valence-corrected chi connectivity index (χ4v) is 4.45. The van der Waals surface area contributed by atoms with E-state index in [1.165, 1.54) is 42.5 Å². The number of aromatic nitrogens is 3. The van der Waals surface area contributed by atoms with Gasteiger partial charge in [0.25, 0.3) is 0 Å². The molecule has 0 aliphatic carbocycles. The zero-order chi connectivity index (χ0) is 28.5. The van der Waals surface area contributed by atoms with Crippen molar-refractivity contribution in [1.29, 1.82) is 0 Å². The van der Waals surface area contributed by atoms with Crippen molar-refractivity contribution in [2.24, 2.45) is 0 Å². The van der Waals surface area contributed by atoms with Crippen LogP contribution in [-0.2, 0) is 29.5 Å². The lowest BCUT2D eigenvalue weighted by Crippen LogP contribution is -2.31. The average molecular weight is 564 g/mol. The fourth-order valence-electron chi connectivity index (χ4n) is 4.29. The lowest BCUT2D eigenvalue weighted by molar-refractivity contribution is -0.137. The number of carbonyl (C=O) groups is 1. The summed E-state index contributed by atoms with van der Waals surface area (Å²) in [5.41, 5.74) is -2.25. The molecule has 3 aromatic carbocycles. The van der Waals surface area contributed by atoms with E-state index in [9.17, 15) is 31.5 Å². The summed E-state index contributed by atoms with van der Waals surface area (Å²) in [4.78, 5) is 26.3. The van der Waals surface area contributed by atoms with Crippen molar-refractivity contribution in [2.45, 2.75) is 44.9 Å². The van der Waals surface area contributed by atoms with Gasteiger partial charge in [0.2, 0.25) is 0 Å². The molecule has 11 heteroatoms. The second-order valence-corrected chi connectivity index (χ2v) is 10.2. The molecule has 0 amide bonds. The summed E-state index contributed by atoms with van der Waals surface area (Å²) in [5.74, 6) is -1.98. The van der Waals surface area contributed by atoms with Crippen LogP contribution >= 0.6 is 11.6 Å². The molecule has 0 aliphatic rings. The van der Waals surface area contributed by atoms with E-state index in [1.54, 1.807) is 19.9 Å². The van der Waals surface area contributed by atoms with Crippen LogP contribution in [0.1, 0.15) is 37.0 Å². The third-order valence-corrected chi connectivity index (χ3v) is 6.55. The van der Waals surface area contributed by atoms with Crippen LogP contribution in [0, 0.1) is 11.6 Å². The molecule has 5 nitrogen and oxygen atoms in total. The Morgan fingerprint density at radius 2 is 1.62 bits per heavy atom. The molecule has 0 atom stereocenters. The maximum absolute atomic E-state index is 14.8. The summed E-state index contributed by atoms with van der Waals surface area (Å²) >= 11 is 5.86. The highest BCUT2D eigenvalue weighted by atomic mass is 35.5. The predicted octanol–water partition coefficient (Wildman–Crippen LogP) is 6.65. The standard InChI is InChI=1S/C28H23ClF5N3O2/c1-27(2,18-7-5-8-19(12-18)28(32,33)34)14-21(38)16-37-26(39)36(15-17-6-3-4-9-23(17)30)25(35-37)22-11-10-20(29)13-24(22)31/h3-13H,14-16H2,1-2H3. The van der Waals surface area contributed by atoms with Crippen LogP contribution in [0.3, 0.4) is 0 Å². The molecular weight excluding hydrogens is 541 g/mol. The molecule has 0 aliphatic heterocycles. The smallest absolute Gasteiger partial charge is 0.298 e. The molecule has 0 radical (unpaired) electrons. The topological polar surface area (TPSA) is 56.9 Å². The largest absolute Gasteiger partial charge is 0.416 e. The number of Topliss-reactive ketones (excluding diaryl/α,β-unsaturated/α-hetero) is 1. The number of carbonyl (C=O) groups excluding carboxylic acids is 1. The van der Waals surface area contributed by atoms with Crippen molar-refractivity contribution in [3.05, 3.63) is 111 Å². The number of hydrogen-bond donors (Lipinski definition) is 0. The molecule has 4 rings (SSSR count).